The number of rotatable bonds is 7. The van der Waals surface area contributed by atoms with E-state index in [4.69, 9.17) is 5.11 Å². The molecule has 0 amide bonds. The molecule has 6 heteroatoms. The van der Waals surface area contributed by atoms with E-state index < -0.39 is 10.2 Å². The molecule has 0 aliphatic heterocycles. The summed E-state index contributed by atoms with van der Waals surface area (Å²) in [5.74, 6) is 0. The molecule has 0 aromatic carbocycles. The highest BCUT2D eigenvalue weighted by molar-refractivity contribution is 7.86. The molecule has 0 saturated heterocycles. The Morgan fingerprint density at radius 2 is 1.94 bits per heavy atom. The minimum atomic E-state index is -3.49. The average Bonchev–Trinajstić information content (AvgIpc) is 2.38. The molecule has 0 unspecified atom stereocenters. The van der Waals surface area contributed by atoms with Gasteiger partial charge in [-0.15, -0.1) is 6.58 Å². The molecule has 5 nitrogen and oxygen atoms in total. The quantitative estimate of drug-likeness (QED) is 0.705. The van der Waals surface area contributed by atoms with Crippen molar-refractivity contribution in [3.63, 3.8) is 0 Å². The second-order valence-electron chi connectivity index (χ2n) is 4.69. The Hall–Kier alpha value is -0.430. The maximum absolute atomic E-state index is 12.4. The van der Waals surface area contributed by atoms with Gasteiger partial charge in [0.2, 0.25) is 0 Å². The molecule has 0 heterocycles. The Morgan fingerprint density at radius 3 is 2.44 bits per heavy atom. The molecule has 1 aliphatic rings. The van der Waals surface area contributed by atoms with Gasteiger partial charge >= 0.3 is 0 Å². The lowest BCUT2D eigenvalue weighted by molar-refractivity contribution is 0.235. The number of nitrogens with zero attached hydrogens (tertiary/aromatic N) is 2. The second-order valence-corrected chi connectivity index (χ2v) is 6.67. The third-order valence-corrected chi connectivity index (χ3v) is 5.47. The number of hydrogen-bond donors (Lipinski definition) is 1. The van der Waals surface area contributed by atoms with Gasteiger partial charge in [-0.2, -0.15) is 17.0 Å². The van der Waals surface area contributed by atoms with Crippen LogP contribution in [-0.2, 0) is 10.2 Å². The molecule has 1 fully saturated rings. The van der Waals surface area contributed by atoms with Crippen molar-refractivity contribution < 1.29 is 13.5 Å². The lowest BCUT2D eigenvalue weighted by atomic mass is 9.96. The fraction of sp³-hybridized carbons (Fsp3) is 0.833. The van der Waals surface area contributed by atoms with Gasteiger partial charge in [0, 0.05) is 26.2 Å². The molecule has 1 N–H and O–H groups in total. The van der Waals surface area contributed by atoms with Gasteiger partial charge in [0.15, 0.2) is 0 Å². The van der Waals surface area contributed by atoms with E-state index in [1.54, 1.807) is 13.1 Å². The maximum Gasteiger partial charge on any atom is 0.282 e. The highest BCUT2D eigenvalue weighted by atomic mass is 32.2. The molecule has 0 radical (unpaired) electrons. The molecule has 0 aromatic heterocycles. The van der Waals surface area contributed by atoms with E-state index >= 15 is 0 Å². The zero-order valence-corrected chi connectivity index (χ0v) is 11.9. The predicted molar refractivity (Wildman–Crippen MR) is 72.4 cm³/mol. The summed E-state index contributed by atoms with van der Waals surface area (Å²) in [6.07, 6.45) is 6.77. The van der Waals surface area contributed by atoms with Crippen molar-refractivity contribution in [1.29, 1.82) is 0 Å². The first-order valence-electron chi connectivity index (χ1n) is 6.49. The minimum Gasteiger partial charge on any atom is -0.395 e. The highest BCUT2D eigenvalue weighted by Crippen LogP contribution is 2.24. The Balaban J connectivity index is 2.77. The van der Waals surface area contributed by atoms with Gasteiger partial charge in [-0.1, -0.05) is 25.3 Å². The average molecular weight is 276 g/mol. The zero-order chi connectivity index (χ0) is 13.6. The van der Waals surface area contributed by atoms with Crippen LogP contribution in [0.3, 0.4) is 0 Å². The van der Waals surface area contributed by atoms with Crippen LogP contribution in [0.4, 0.5) is 0 Å². The highest BCUT2D eigenvalue weighted by Gasteiger charge is 2.31. The molecular weight excluding hydrogens is 252 g/mol. The molecule has 1 saturated carbocycles. The van der Waals surface area contributed by atoms with Crippen LogP contribution >= 0.6 is 0 Å². The Kier molecular flexibility index (Phi) is 6.28. The Morgan fingerprint density at radius 1 is 1.33 bits per heavy atom. The topological polar surface area (TPSA) is 60.9 Å². The normalized spacial score (nSPS) is 18.4. The third kappa shape index (κ3) is 3.78. The molecule has 1 aliphatic carbocycles. The summed E-state index contributed by atoms with van der Waals surface area (Å²) in [6.45, 7) is 3.74. The number of aliphatic hydroxyl groups excluding tert-OH is 1. The molecule has 0 bridgehead atoms. The molecular formula is C12H24N2O3S. The van der Waals surface area contributed by atoms with Crippen LogP contribution in [0, 0.1) is 0 Å². The maximum atomic E-state index is 12.4. The van der Waals surface area contributed by atoms with Crippen LogP contribution in [-0.4, -0.2) is 54.9 Å². The minimum absolute atomic E-state index is 0.0924. The van der Waals surface area contributed by atoms with Crippen molar-refractivity contribution in [1.82, 2.24) is 8.61 Å². The van der Waals surface area contributed by atoms with Gasteiger partial charge in [-0.05, 0) is 12.8 Å². The van der Waals surface area contributed by atoms with E-state index in [1.807, 2.05) is 0 Å². The molecule has 106 valence electrons. The van der Waals surface area contributed by atoms with Crippen molar-refractivity contribution in [2.24, 2.45) is 0 Å². The SMILES string of the molecule is C=CCN(CCO)S(=O)(=O)N(C)C1CCCCC1. The van der Waals surface area contributed by atoms with Gasteiger partial charge in [-0.3, -0.25) is 0 Å². The molecule has 0 spiro atoms. The van der Waals surface area contributed by atoms with Crippen LogP contribution in [0.25, 0.3) is 0 Å². The van der Waals surface area contributed by atoms with Crippen molar-refractivity contribution >= 4 is 10.2 Å². The van der Waals surface area contributed by atoms with Crippen LogP contribution in [0.15, 0.2) is 12.7 Å². The largest absolute Gasteiger partial charge is 0.395 e. The summed E-state index contributed by atoms with van der Waals surface area (Å²) in [6, 6.07) is 0.0924. The van der Waals surface area contributed by atoms with Gasteiger partial charge in [-0.25, -0.2) is 0 Å². The lowest BCUT2D eigenvalue weighted by Crippen LogP contribution is -2.48. The van der Waals surface area contributed by atoms with E-state index in [1.165, 1.54) is 15.0 Å². The first-order valence-corrected chi connectivity index (χ1v) is 7.88. The van der Waals surface area contributed by atoms with Gasteiger partial charge in [0.05, 0.1) is 6.61 Å². The van der Waals surface area contributed by atoms with Crippen LogP contribution in [0.2, 0.25) is 0 Å². The summed E-state index contributed by atoms with van der Waals surface area (Å²) in [7, 11) is -1.85. The zero-order valence-electron chi connectivity index (χ0n) is 11.1. The Labute approximate surface area is 110 Å². The Bertz CT molecular complexity index is 350. The fourth-order valence-corrected chi connectivity index (χ4v) is 3.93. The first kappa shape index (κ1) is 15.6. The summed E-state index contributed by atoms with van der Waals surface area (Å²) in [4.78, 5) is 0. The van der Waals surface area contributed by atoms with Crippen LogP contribution in [0.1, 0.15) is 32.1 Å². The predicted octanol–water partition coefficient (Wildman–Crippen LogP) is 0.976. The molecule has 0 aromatic rings. The molecule has 1 rings (SSSR count). The monoisotopic (exact) mass is 276 g/mol. The van der Waals surface area contributed by atoms with Crippen molar-refractivity contribution in [2.45, 2.75) is 38.1 Å². The van der Waals surface area contributed by atoms with Gasteiger partial charge < -0.3 is 5.11 Å². The van der Waals surface area contributed by atoms with E-state index in [-0.39, 0.29) is 25.7 Å². The lowest BCUT2D eigenvalue weighted by Gasteiger charge is -2.34. The standard InChI is InChI=1S/C12H24N2O3S/c1-3-9-14(10-11-15)18(16,17)13(2)12-7-5-4-6-8-12/h3,12,15H,1,4-11H2,2H3. The second kappa shape index (κ2) is 7.23. The van der Waals surface area contributed by atoms with Crippen LogP contribution < -0.4 is 0 Å². The van der Waals surface area contributed by atoms with E-state index in [0.717, 1.165) is 25.7 Å². The molecule has 0 atom stereocenters. The van der Waals surface area contributed by atoms with Crippen LogP contribution in [0.5, 0.6) is 0 Å². The van der Waals surface area contributed by atoms with Gasteiger partial charge in [0.25, 0.3) is 10.2 Å². The smallest absolute Gasteiger partial charge is 0.282 e. The summed E-state index contributed by atoms with van der Waals surface area (Å²) >= 11 is 0. The fourth-order valence-electron chi connectivity index (χ4n) is 2.37. The number of hydrogen-bond acceptors (Lipinski definition) is 3. The summed E-state index contributed by atoms with van der Waals surface area (Å²) < 4.78 is 27.5. The van der Waals surface area contributed by atoms with Crippen molar-refractivity contribution in [2.75, 3.05) is 26.7 Å². The van der Waals surface area contributed by atoms with Crippen molar-refractivity contribution in [3.05, 3.63) is 12.7 Å². The molecule has 18 heavy (non-hydrogen) atoms. The first-order chi connectivity index (χ1) is 8.54. The summed E-state index contributed by atoms with van der Waals surface area (Å²) in [5, 5.41) is 8.96. The van der Waals surface area contributed by atoms with E-state index in [2.05, 4.69) is 6.58 Å². The van der Waals surface area contributed by atoms with Crippen molar-refractivity contribution in [3.8, 4) is 0 Å². The van der Waals surface area contributed by atoms with Gasteiger partial charge in [0.1, 0.15) is 0 Å². The summed E-state index contributed by atoms with van der Waals surface area (Å²) in [5.41, 5.74) is 0. The van der Waals surface area contributed by atoms with E-state index in [9.17, 15) is 8.42 Å². The number of aliphatic hydroxyl groups is 1. The van der Waals surface area contributed by atoms with E-state index in [0.29, 0.717) is 0 Å². The third-order valence-electron chi connectivity index (χ3n) is 3.46.